The maximum atomic E-state index is 13.0. The molecule has 0 aliphatic heterocycles. The molecule has 0 saturated carbocycles. The molecule has 1 atom stereocenters. The molecule has 29 heavy (non-hydrogen) atoms. The number of ether oxygens (including phenoxy) is 1. The first kappa shape index (κ1) is 23.2. The van der Waals surface area contributed by atoms with Gasteiger partial charge in [-0.1, -0.05) is 51.8 Å². The van der Waals surface area contributed by atoms with Crippen molar-refractivity contribution in [2.45, 2.75) is 45.8 Å². The highest BCUT2D eigenvalue weighted by molar-refractivity contribution is 9.10. The SMILES string of the molecule is C[C@H](C(=O)NC(C)(C)C)N(Cc1ccc(Br)cc1)C(=O)COc1ccccc1Cl. The molecule has 0 fully saturated rings. The molecule has 0 aliphatic carbocycles. The number of carbonyl (C=O) groups is 2. The van der Waals surface area contributed by atoms with E-state index >= 15 is 0 Å². The minimum atomic E-state index is -0.666. The van der Waals surface area contributed by atoms with E-state index in [0.29, 0.717) is 10.8 Å². The molecular formula is C22H26BrClN2O3. The minimum absolute atomic E-state index is 0.215. The average Bonchev–Trinajstić information content (AvgIpc) is 2.64. The zero-order chi connectivity index (χ0) is 21.6. The van der Waals surface area contributed by atoms with Crippen LogP contribution in [0.3, 0.4) is 0 Å². The third kappa shape index (κ3) is 7.37. The van der Waals surface area contributed by atoms with E-state index in [2.05, 4.69) is 21.2 Å². The van der Waals surface area contributed by atoms with Crippen molar-refractivity contribution in [2.24, 2.45) is 0 Å². The Morgan fingerprint density at radius 2 is 1.76 bits per heavy atom. The van der Waals surface area contributed by atoms with Gasteiger partial charge < -0.3 is 15.0 Å². The number of hydrogen-bond acceptors (Lipinski definition) is 3. The molecule has 0 saturated heterocycles. The lowest BCUT2D eigenvalue weighted by atomic mass is 10.1. The van der Waals surface area contributed by atoms with Gasteiger partial charge in [0.15, 0.2) is 6.61 Å². The molecule has 0 aliphatic rings. The average molecular weight is 482 g/mol. The van der Waals surface area contributed by atoms with Gasteiger partial charge in [-0.15, -0.1) is 0 Å². The van der Waals surface area contributed by atoms with Gasteiger partial charge >= 0.3 is 0 Å². The van der Waals surface area contributed by atoms with Crippen LogP contribution in [0.25, 0.3) is 0 Å². The van der Waals surface area contributed by atoms with E-state index in [1.807, 2.05) is 45.0 Å². The highest BCUT2D eigenvalue weighted by Crippen LogP contribution is 2.23. The monoisotopic (exact) mass is 480 g/mol. The Morgan fingerprint density at radius 1 is 1.14 bits per heavy atom. The van der Waals surface area contributed by atoms with Gasteiger partial charge in [-0.05, 0) is 57.5 Å². The summed E-state index contributed by atoms with van der Waals surface area (Å²) in [6.45, 7) is 7.49. The molecule has 0 heterocycles. The van der Waals surface area contributed by atoms with Gasteiger partial charge in [0.05, 0.1) is 5.02 Å². The number of amides is 2. The van der Waals surface area contributed by atoms with Crippen molar-refractivity contribution in [3.05, 3.63) is 63.6 Å². The third-order valence-electron chi connectivity index (χ3n) is 4.12. The number of rotatable bonds is 7. The number of nitrogens with zero attached hydrogens (tertiary/aromatic N) is 1. The van der Waals surface area contributed by atoms with Crippen LogP contribution in [-0.2, 0) is 16.1 Å². The number of halogens is 2. The van der Waals surface area contributed by atoms with Crippen LogP contribution < -0.4 is 10.1 Å². The molecule has 5 nitrogen and oxygen atoms in total. The first-order valence-electron chi connectivity index (χ1n) is 9.30. The molecule has 0 spiro atoms. The lowest BCUT2D eigenvalue weighted by Gasteiger charge is -2.31. The van der Waals surface area contributed by atoms with Crippen LogP contribution in [0.2, 0.25) is 5.02 Å². The lowest BCUT2D eigenvalue weighted by Crippen LogP contribution is -2.53. The smallest absolute Gasteiger partial charge is 0.261 e. The van der Waals surface area contributed by atoms with Crippen LogP contribution in [0.4, 0.5) is 0 Å². The van der Waals surface area contributed by atoms with Crippen molar-refractivity contribution in [3.8, 4) is 5.75 Å². The standard InChI is InChI=1S/C22H26BrClN2O3/c1-15(21(28)25-22(2,3)4)26(13-16-9-11-17(23)12-10-16)20(27)14-29-19-8-6-5-7-18(19)24/h5-12,15H,13-14H2,1-4H3,(H,25,28)/t15-/m1/s1. The van der Waals surface area contributed by atoms with Crippen molar-refractivity contribution in [1.29, 1.82) is 0 Å². The van der Waals surface area contributed by atoms with E-state index in [1.165, 1.54) is 4.90 Å². The minimum Gasteiger partial charge on any atom is -0.482 e. The van der Waals surface area contributed by atoms with Crippen molar-refractivity contribution >= 4 is 39.3 Å². The van der Waals surface area contributed by atoms with Gasteiger partial charge in [0.25, 0.3) is 5.91 Å². The van der Waals surface area contributed by atoms with Gasteiger partial charge in [-0.3, -0.25) is 9.59 Å². The van der Waals surface area contributed by atoms with Crippen molar-refractivity contribution in [2.75, 3.05) is 6.61 Å². The molecule has 0 radical (unpaired) electrons. The molecular weight excluding hydrogens is 456 g/mol. The number of hydrogen-bond donors (Lipinski definition) is 1. The maximum Gasteiger partial charge on any atom is 0.261 e. The predicted molar refractivity (Wildman–Crippen MR) is 119 cm³/mol. The lowest BCUT2D eigenvalue weighted by molar-refractivity contribution is -0.142. The molecule has 2 aromatic carbocycles. The Bertz CT molecular complexity index is 850. The van der Waals surface area contributed by atoms with Crippen molar-refractivity contribution < 1.29 is 14.3 Å². The molecule has 0 bridgehead atoms. The summed E-state index contributed by atoms with van der Waals surface area (Å²) in [6.07, 6.45) is 0. The van der Waals surface area contributed by atoms with Crippen LogP contribution in [0, 0.1) is 0 Å². The molecule has 2 rings (SSSR count). The maximum absolute atomic E-state index is 13.0. The fourth-order valence-electron chi connectivity index (χ4n) is 2.63. The summed E-state index contributed by atoms with van der Waals surface area (Å²) in [5, 5.41) is 3.36. The predicted octanol–water partition coefficient (Wildman–Crippen LogP) is 4.81. The van der Waals surface area contributed by atoms with E-state index in [-0.39, 0.29) is 25.0 Å². The Labute approximate surface area is 185 Å². The summed E-state index contributed by atoms with van der Waals surface area (Å²) < 4.78 is 6.55. The molecule has 0 unspecified atom stereocenters. The topological polar surface area (TPSA) is 58.6 Å². The first-order valence-corrected chi connectivity index (χ1v) is 10.5. The van der Waals surface area contributed by atoms with Crippen LogP contribution in [0.15, 0.2) is 53.0 Å². The molecule has 7 heteroatoms. The zero-order valence-electron chi connectivity index (χ0n) is 17.0. The Kier molecular flexibility index (Phi) is 8.11. The van der Waals surface area contributed by atoms with E-state index in [1.54, 1.807) is 31.2 Å². The fraction of sp³-hybridized carbons (Fsp3) is 0.364. The summed E-state index contributed by atoms with van der Waals surface area (Å²) in [6, 6.07) is 13.9. The summed E-state index contributed by atoms with van der Waals surface area (Å²) in [7, 11) is 0. The van der Waals surface area contributed by atoms with Gasteiger partial charge in [0.1, 0.15) is 11.8 Å². The first-order chi connectivity index (χ1) is 13.6. The van der Waals surface area contributed by atoms with Crippen LogP contribution in [-0.4, -0.2) is 34.9 Å². The van der Waals surface area contributed by atoms with Crippen molar-refractivity contribution in [1.82, 2.24) is 10.2 Å². The zero-order valence-corrected chi connectivity index (χ0v) is 19.4. The molecule has 2 aromatic rings. The number of para-hydroxylation sites is 1. The van der Waals surface area contributed by atoms with E-state index < -0.39 is 11.6 Å². The second kappa shape index (κ2) is 10.1. The second-order valence-corrected chi connectivity index (χ2v) is 9.11. The van der Waals surface area contributed by atoms with E-state index in [0.717, 1.165) is 10.0 Å². The van der Waals surface area contributed by atoms with Crippen LogP contribution in [0.1, 0.15) is 33.3 Å². The normalized spacial score (nSPS) is 12.2. The second-order valence-electron chi connectivity index (χ2n) is 7.78. The highest BCUT2D eigenvalue weighted by atomic mass is 79.9. The number of nitrogens with one attached hydrogen (secondary N) is 1. The summed E-state index contributed by atoms with van der Waals surface area (Å²) >= 11 is 9.51. The van der Waals surface area contributed by atoms with Crippen molar-refractivity contribution in [3.63, 3.8) is 0 Å². The largest absolute Gasteiger partial charge is 0.482 e. The molecule has 156 valence electrons. The summed E-state index contributed by atoms with van der Waals surface area (Å²) in [5.41, 5.74) is 0.515. The number of carbonyl (C=O) groups excluding carboxylic acids is 2. The molecule has 2 amide bonds. The third-order valence-corrected chi connectivity index (χ3v) is 4.96. The Balaban J connectivity index is 2.18. The van der Waals surface area contributed by atoms with Gasteiger partial charge in [-0.25, -0.2) is 0 Å². The van der Waals surface area contributed by atoms with Crippen LogP contribution in [0.5, 0.6) is 5.75 Å². The molecule has 0 aromatic heterocycles. The Morgan fingerprint density at radius 3 is 2.34 bits per heavy atom. The van der Waals surface area contributed by atoms with E-state index in [9.17, 15) is 9.59 Å². The van der Waals surface area contributed by atoms with Gasteiger partial charge in [0, 0.05) is 16.6 Å². The van der Waals surface area contributed by atoms with E-state index in [4.69, 9.17) is 16.3 Å². The summed E-state index contributed by atoms with van der Waals surface area (Å²) in [4.78, 5) is 27.2. The fourth-order valence-corrected chi connectivity index (χ4v) is 3.08. The van der Waals surface area contributed by atoms with Crippen LogP contribution >= 0.6 is 27.5 Å². The van der Waals surface area contributed by atoms with Gasteiger partial charge in [0.2, 0.25) is 5.91 Å². The number of benzene rings is 2. The highest BCUT2D eigenvalue weighted by Gasteiger charge is 2.28. The Hall–Kier alpha value is -2.05. The quantitative estimate of drug-likeness (QED) is 0.617. The summed E-state index contributed by atoms with van der Waals surface area (Å²) in [5.74, 6) is -0.0944. The molecule has 1 N–H and O–H groups in total. The van der Waals surface area contributed by atoms with Gasteiger partial charge in [-0.2, -0.15) is 0 Å².